The topological polar surface area (TPSA) is 97.6 Å². The van der Waals surface area contributed by atoms with Crippen LogP contribution < -0.4 is 14.8 Å². The number of benzene rings is 2. The van der Waals surface area contributed by atoms with Crippen LogP contribution in [0.5, 0.6) is 11.5 Å². The highest BCUT2D eigenvalue weighted by molar-refractivity contribution is 6.09. The van der Waals surface area contributed by atoms with Gasteiger partial charge in [0.05, 0.1) is 13.7 Å². The van der Waals surface area contributed by atoms with E-state index < -0.39 is 11.9 Å². The quantitative estimate of drug-likeness (QED) is 0.418. The fraction of sp³-hybridized carbons (Fsp3) is 0.227. The maximum atomic E-state index is 12.4. The molecule has 0 saturated carbocycles. The zero-order chi connectivity index (χ0) is 21.2. The molecule has 29 heavy (non-hydrogen) atoms. The molecule has 7 nitrogen and oxygen atoms in total. The van der Waals surface area contributed by atoms with Gasteiger partial charge in [0.1, 0.15) is 11.6 Å². The van der Waals surface area contributed by atoms with E-state index in [0.29, 0.717) is 29.4 Å². The molecule has 150 valence electrons. The first-order chi connectivity index (χ1) is 14.0. The Balaban J connectivity index is 2.23. The second kappa shape index (κ2) is 10.5. The van der Waals surface area contributed by atoms with E-state index in [2.05, 4.69) is 10.1 Å². The van der Waals surface area contributed by atoms with Crippen LogP contribution in [0.2, 0.25) is 0 Å². The van der Waals surface area contributed by atoms with E-state index >= 15 is 0 Å². The number of nitrogens with one attached hydrogen (secondary N) is 1. The lowest BCUT2D eigenvalue weighted by Gasteiger charge is -2.12. The summed E-state index contributed by atoms with van der Waals surface area (Å²) in [6.07, 6.45) is 1.46. The van der Waals surface area contributed by atoms with Crippen molar-refractivity contribution in [1.82, 2.24) is 0 Å². The number of ether oxygens (including phenoxy) is 3. The van der Waals surface area contributed by atoms with E-state index in [-0.39, 0.29) is 12.2 Å². The Morgan fingerprint density at radius 1 is 1.14 bits per heavy atom. The van der Waals surface area contributed by atoms with Crippen molar-refractivity contribution < 1.29 is 23.8 Å². The predicted molar refractivity (Wildman–Crippen MR) is 109 cm³/mol. The van der Waals surface area contributed by atoms with Crippen LogP contribution >= 0.6 is 0 Å². The Labute approximate surface area is 169 Å². The summed E-state index contributed by atoms with van der Waals surface area (Å²) in [5.74, 6) is -0.281. The van der Waals surface area contributed by atoms with Crippen LogP contribution in [-0.2, 0) is 14.3 Å². The molecule has 0 heterocycles. The van der Waals surface area contributed by atoms with E-state index in [1.165, 1.54) is 13.2 Å². The molecule has 1 amide bonds. The van der Waals surface area contributed by atoms with Crippen molar-refractivity contribution in [2.24, 2.45) is 0 Å². The molecule has 0 fully saturated rings. The minimum Gasteiger partial charge on any atom is -0.490 e. The molecule has 1 N–H and O–H groups in total. The summed E-state index contributed by atoms with van der Waals surface area (Å²) in [5.41, 5.74) is 2.12. The van der Waals surface area contributed by atoms with Crippen molar-refractivity contribution in [1.29, 1.82) is 5.26 Å². The third-order valence-electron chi connectivity index (χ3n) is 3.79. The lowest BCUT2D eigenvalue weighted by Crippen LogP contribution is -2.13. The Hall–Kier alpha value is -3.79. The zero-order valence-corrected chi connectivity index (χ0v) is 16.5. The highest BCUT2D eigenvalue weighted by atomic mass is 16.6. The van der Waals surface area contributed by atoms with Gasteiger partial charge in [0.15, 0.2) is 18.1 Å². The maximum Gasteiger partial charge on any atom is 0.343 e. The highest BCUT2D eigenvalue weighted by Crippen LogP contribution is 2.29. The van der Waals surface area contributed by atoms with Crippen molar-refractivity contribution in [3.8, 4) is 17.6 Å². The number of rotatable bonds is 8. The fourth-order valence-electron chi connectivity index (χ4n) is 2.43. The summed E-state index contributed by atoms with van der Waals surface area (Å²) in [6.45, 7) is 3.84. The standard InChI is InChI=1S/C22H22N2O5/c1-4-28-20-12-16(8-9-19(20)29-14-21(25)27-3)11-17(13-23)22(26)24-18-7-5-6-15(2)10-18/h5-12H,4,14H2,1-3H3,(H,24,26)/b17-11-. The lowest BCUT2D eigenvalue weighted by atomic mass is 10.1. The zero-order valence-electron chi connectivity index (χ0n) is 16.5. The summed E-state index contributed by atoms with van der Waals surface area (Å²) in [7, 11) is 1.27. The van der Waals surface area contributed by atoms with Crippen LogP contribution in [0.1, 0.15) is 18.1 Å². The molecule has 0 aliphatic heterocycles. The Bertz CT molecular complexity index is 960. The van der Waals surface area contributed by atoms with E-state index in [0.717, 1.165) is 5.56 Å². The fourth-order valence-corrected chi connectivity index (χ4v) is 2.43. The summed E-state index contributed by atoms with van der Waals surface area (Å²) in [5, 5.41) is 12.1. The molecule has 0 radical (unpaired) electrons. The Morgan fingerprint density at radius 2 is 1.93 bits per heavy atom. The van der Waals surface area contributed by atoms with Gasteiger partial charge in [-0.15, -0.1) is 0 Å². The van der Waals surface area contributed by atoms with Gasteiger partial charge < -0.3 is 19.5 Å². The van der Waals surface area contributed by atoms with Crippen molar-refractivity contribution in [3.05, 3.63) is 59.2 Å². The molecular formula is C22H22N2O5. The minimum absolute atomic E-state index is 0.0582. The summed E-state index contributed by atoms with van der Waals surface area (Å²) in [6, 6.07) is 14.1. The Morgan fingerprint density at radius 3 is 2.59 bits per heavy atom. The lowest BCUT2D eigenvalue weighted by molar-refractivity contribution is -0.142. The molecule has 0 aliphatic carbocycles. The number of carbonyl (C=O) groups excluding carboxylic acids is 2. The van der Waals surface area contributed by atoms with E-state index in [1.807, 2.05) is 38.1 Å². The number of hydrogen-bond donors (Lipinski definition) is 1. The summed E-state index contributed by atoms with van der Waals surface area (Å²) >= 11 is 0. The number of nitriles is 1. The van der Waals surface area contributed by atoms with Crippen LogP contribution in [-0.4, -0.2) is 32.2 Å². The van der Waals surface area contributed by atoms with Crippen LogP contribution in [0.25, 0.3) is 6.08 Å². The number of anilines is 1. The van der Waals surface area contributed by atoms with Crippen molar-refractivity contribution in [2.45, 2.75) is 13.8 Å². The second-order valence-corrected chi connectivity index (χ2v) is 6.00. The number of carbonyl (C=O) groups is 2. The van der Waals surface area contributed by atoms with Crippen molar-refractivity contribution in [3.63, 3.8) is 0 Å². The van der Waals surface area contributed by atoms with Gasteiger partial charge >= 0.3 is 5.97 Å². The van der Waals surface area contributed by atoms with Crippen LogP contribution in [0.15, 0.2) is 48.0 Å². The van der Waals surface area contributed by atoms with Gasteiger partial charge in [0.25, 0.3) is 5.91 Å². The first-order valence-electron chi connectivity index (χ1n) is 8.93. The van der Waals surface area contributed by atoms with Crippen molar-refractivity contribution >= 4 is 23.6 Å². The number of nitrogens with zero attached hydrogens (tertiary/aromatic N) is 1. The van der Waals surface area contributed by atoms with Crippen molar-refractivity contribution in [2.75, 3.05) is 25.6 Å². The third-order valence-corrected chi connectivity index (χ3v) is 3.79. The summed E-state index contributed by atoms with van der Waals surface area (Å²) in [4.78, 5) is 23.7. The number of hydrogen-bond acceptors (Lipinski definition) is 6. The van der Waals surface area contributed by atoms with Crippen LogP contribution in [0, 0.1) is 18.3 Å². The molecule has 0 atom stereocenters. The maximum absolute atomic E-state index is 12.4. The molecule has 0 aromatic heterocycles. The monoisotopic (exact) mass is 394 g/mol. The van der Waals surface area contributed by atoms with Gasteiger partial charge in [-0.3, -0.25) is 4.79 Å². The van der Waals surface area contributed by atoms with Gasteiger partial charge in [-0.1, -0.05) is 18.2 Å². The number of esters is 1. The minimum atomic E-state index is -0.518. The molecule has 7 heteroatoms. The highest BCUT2D eigenvalue weighted by Gasteiger charge is 2.12. The molecule has 0 unspecified atom stereocenters. The van der Waals surface area contributed by atoms with Gasteiger partial charge in [-0.05, 0) is 55.3 Å². The first-order valence-corrected chi connectivity index (χ1v) is 8.93. The average molecular weight is 394 g/mol. The second-order valence-electron chi connectivity index (χ2n) is 6.00. The first kappa shape index (κ1) is 21.5. The normalized spacial score (nSPS) is 10.6. The molecular weight excluding hydrogens is 372 g/mol. The average Bonchev–Trinajstić information content (AvgIpc) is 2.71. The molecule has 0 spiro atoms. The van der Waals surface area contributed by atoms with Gasteiger partial charge in [-0.2, -0.15) is 5.26 Å². The number of aryl methyl sites for hydroxylation is 1. The van der Waals surface area contributed by atoms with E-state index in [1.54, 1.807) is 24.3 Å². The Kier molecular flexibility index (Phi) is 7.80. The van der Waals surface area contributed by atoms with E-state index in [4.69, 9.17) is 9.47 Å². The number of methoxy groups -OCH3 is 1. The number of amides is 1. The SMILES string of the molecule is CCOc1cc(/C=C(/C#N)C(=O)Nc2cccc(C)c2)ccc1OCC(=O)OC. The predicted octanol–water partition coefficient (Wildman–Crippen LogP) is 3.49. The van der Waals surface area contributed by atoms with Gasteiger partial charge in [0.2, 0.25) is 0 Å². The van der Waals surface area contributed by atoms with Gasteiger partial charge in [0, 0.05) is 5.69 Å². The van der Waals surface area contributed by atoms with Crippen LogP contribution in [0.3, 0.4) is 0 Å². The molecule has 2 aromatic carbocycles. The molecule has 0 saturated heterocycles. The van der Waals surface area contributed by atoms with Gasteiger partial charge in [-0.25, -0.2) is 4.79 Å². The smallest absolute Gasteiger partial charge is 0.343 e. The van der Waals surface area contributed by atoms with Crippen LogP contribution in [0.4, 0.5) is 5.69 Å². The molecule has 0 aliphatic rings. The third kappa shape index (κ3) is 6.40. The van der Waals surface area contributed by atoms with E-state index in [9.17, 15) is 14.9 Å². The molecule has 2 aromatic rings. The molecule has 2 rings (SSSR count). The summed E-state index contributed by atoms with van der Waals surface area (Å²) < 4.78 is 15.5. The largest absolute Gasteiger partial charge is 0.490 e. The molecule has 0 bridgehead atoms.